The summed E-state index contributed by atoms with van der Waals surface area (Å²) in [4.78, 5) is 7.39. The first-order valence-electron chi connectivity index (χ1n) is 4.64. The molecular formula is C9H16ClN3. The van der Waals surface area contributed by atoms with E-state index in [9.17, 15) is 0 Å². The van der Waals surface area contributed by atoms with Crippen LogP contribution in [-0.2, 0) is 6.42 Å². The van der Waals surface area contributed by atoms with Gasteiger partial charge in [-0.1, -0.05) is 0 Å². The Morgan fingerprint density at radius 3 is 2.77 bits per heavy atom. The van der Waals surface area contributed by atoms with E-state index in [4.69, 9.17) is 0 Å². The molecule has 1 aliphatic rings. The zero-order valence-electron chi connectivity index (χ0n) is 7.62. The molecule has 0 bridgehead atoms. The molecule has 0 saturated carbocycles. The molecule has 0 spiro atoms. The van der Waals surface area contributed by atoms with Crippen LogP contribution in [0.15, 0.2) is 12.4 Å². The van der Waals surface area contributed by atoms with E-state index in [1.165, 1.54) is 25.9 Å². The summed E-state index contributed by atoms with van der Waals surface area (Å²) in [5.41, 5.74) is 0. The van der Waals surface area contributed by atoms with Crippen LogP contribution in [0.1, 0.15) is 18.7 Å². The van der Waals surface area contributed by atoms with Crippen molar-refractivity contribution in [2.24, 2.45) is 5.92 Å². The number of aromatic nitrogens is 2. The fraction of sp³-hybridized carbons (Fsp3) is 0.667. The van der Waals surface area contributed by atoms with E-state index >= 15 is 0 Å². The van der Waals surface area contributed by atoms with Crippen molar-refractivity contribution in [1.29, 1.82) is 0 Å². The smallest absolute Gasteiger partial charge is 0.106 e. The second kappa shape index (κ2) is 5.25. The molecule has 2 N–H and O–H groups in total. The molecular weight excluding hydrogens is 186 g/mol. The van der Waals surface area contributed by atoms with E-state index in [0.717, 1.165) is 18.2 Å². The van der Waals surface area contributed by atoms with Gasteiger partial charge >= 0.3 is 0 Å². The molecule has 0 aliphatic carbocycles. The Morgan fingerprint density at radius 2 is 2.15 bits per heavy atom. The van der Waals surface area contributed by atoms with Crippen LogP contribution in [0.25, 0.3) is 0 Å². The third-order valence-corrected chi connectivity index (χ3v) is 2.50. The molecule has 1 aromatic rings. The highest BCUT2D eigenvalue weighted by molar-refractivity contribution is 5.85. The molecule has 3 nitrogen and oxygen atoms in total. The minimum Gasteiger partial charge on any atom is -0.349 e. The zero-order chi connectivity index (χ0) is 8.23. The van der Waals surface area contributed by atoms with Gasteiger partial charge in [-0.3, -0.25) is 0 Å². The van der Waals surface area contributed by atoms with Gasteiger partial charge in [-0.05, 0) is 31.8 Å². The Hall–Kier alpha value is -0.540. The number of rotatable bonds is 2. The Balaban J connectivity index is 0.000000845. The van der Waals surface area contributed by atoms with E-state index in [2.05, 4.69) is 15.3 Å². The third kappa shape index (κ3) is 3.01. The summed E-state index contributed by atoms with van der Waals surface area (Å²) < 4.78 is 0. The molecule has 1 aliphatic heterocycles. The maximum Gasteiger partial charge on any atom is 0.106 e. The summed E-state index contributed by atoms with van der Waals surface area (Å²) in [5, 5.41) is 3.36. The predicted molar refractivity (Wildman–Crippen MR) is 55.1 cm³/mol. The van der Waals surface area contributed by atoms with E-state index < -0.39 is 0 Å². The number of nitrogens with one attached hydrogen (secondary N) is 2. The van der Waals surface area contributed by atoms with Crippen molar-refractivity contribution in [1.82, 2.24) is 15.3 Å². The van der Waals surface area contributed by atoms with Gasteiger partial charge in [0.25, 0.3) is 0 Å². The molecule has 0 atom stereocenters. The van der Waals surface area contributed by atoms with E-state index in [1.807, 2.05) is 12.4 Å². The number of H-pyrrole nitrogens is 1. The number of hydrogen-bond acceptors (Lipinski definition) is 2. The SMILES string of the molecule is Cl.c1c[nH]c(CC2CCNCC2)n1. The first kappa shape index (κ1) is 10.5. The van der Waals surface area contributed by atoms with Crippen LogP contribution in [0, 0.1) is 5.92 Å². The van der Waals surface area contributed by atoms with Crippen LogP contribution in [0.2, 0.25) is 0 Å². The topological polar surface area (TPSA) is 40.7 Å². The van der Waals surface area contributed by atoms with Gasteiger partial charge in [0.1, 0.15) is 5.82 Å². The molecule has 4 heteroatoms. The quantitative estimate of drug-likeness (QED) is 0.759. The average Bonchev–Trinajstić information content (AvgIpc) is 2.59. The third-order valence-electron chi connectivity index (χ3n) is 2.50. The fourth-order valence-electron chi connectivity index (χ4n) is 1.77. The van der Waals surface area contributed by atoms with Crippen molar-refractivity contribution >= 4 is 12.4 Å². The monoisotopic (exact) mass is 201 g/mol. The normalized spacial score (nSPS) is 18.2. The van der Waals surface area contributed by atoms with Crippen molar-refractivity contribution < 1.29 is 0 Å². The van der Waals surface area contributed by atoms with Crippen molar-refractivity contribution in [2.75, 3.05) is 13.1 Å². The minimum atomic E-state index is 0. The van der Waals surface area contributed by atoms with E-state index in [0.29, 0.717) is 0 Å². The number of piperidine rings is 1. The van der Waals surface area contributed by atoms with Gasteiger partial charge in [0.2, 0.25) is 0 Å². The lowest BCUT2D eigenvalue weighted by atomic mass is 9.94. The van der Waals surface area contributed by atoms with Gasteiger partial charge in [0, 0.05) is 18.8 Å². The van der Waals surface area contributed by atoms with E-state index in [1.54, 1.807) is 0 Å². The molecule has 1 aromatic heterocycles. The van der Waals surface area contributed by atoms with Crippen LogP contribution in [0.4, 0.5) is 0 Å². The lowest BCUT2D eigenvalue weighted by Gasteiger charge is -2.21. The first-order valence-corrected chi connectivity index (χ1v) is 4.64. The average molecular weight is 202 g/mol. The molecule has 1 fully saturated rings. The molecule has 1 saturated heterocycles. The lowest BCUT2D eigenvalue weighted by molar-refractivity contribution is 0.368. The van der Waals surface area contributed by atoms with Crippen molar-refractivity contribution in [3.63, 3.8) is 0 Å². The van der Waals surface area contributed by atoms with Crippen molar-refractivity contribution in [3.05, 3.63) is 18.2 Å². The minimum absolute atomic E-state index is 0. The molecule has 74 valence electrons. The number of nitrogens with zero attached hydrogens (tertiary/aromatic N) is 1. The number of hydrogen-bond donors (Lipinski definition) is 2. The van der Waals surface area contributed by atoms with Gasteiger partial charge in [0.05, 0.1) is 0 Å². The van der Waals surface area contributed by atoms with Crippen LogP contribution in [0.5, 0.6) is 0 Å². The molecule has 0 radical (unpaired) electrons. The summed E-state index contributed by atoms with van der Waals surface area (Å²) in [6.07, 6.45) is 7.43. The van der Waals surface area contributed by atoms with Crippen LogP contribution in [0.3, 0.4) is 0 Å². The number of aromatic amines is 1. The Morgan fingerprint density at radius 1 is 1.38 bits per heavy atom. The van der Waals surface area contributed by atoms with E-state index in [-0.39, 0.29) is 12.4 Å². The van der Waals surface area contributed by atoms with Gasteiger partial charge in [0.15, 0.2) is 0 Å². The highest BCUT2D eigenvalue weighted by atomic mass is 35.5. The maximum absolute atomic E-state index is 4.23. The predicted octanol–water partition coefficient (Wildman–Crippen LogP) is 1.37. The van der Waals surface area contributed by atoms with Crippen molar-refractivity contribution in [3.8, 4) is 0 Å². The van der Waals surface area contributed by atoms with Crippen LogP contribution >= 0.6 is 12.4 Å². The largest absolute Gasteiger partial charge is 0.349 e. The fourth-order valence-corrected chi connectivity index (χ4v) is 1.77. The maximum atomic E-state index is 4.23. The Kier molecular flexibility index (Phi) is 4.25. The summed E-state index contributed by atoms with van der Waals surface area (Å²) in [7, 11) is 0. The second-order valence-corrected chi connectivity index (χ2v) is 3.43. The molecule has 2 heterocycles. The summed E-state index contributed by atoms with van der Waals surface area (Å²) in [5.74, 6) is 1.97. The molecule has 13 heavy (non-hydrogen) atoms. The highest BCUT2D eigenvalue weighted by Crippen LogP contribution is 2.15. The van der Waals surface area contributed by atoms with Gasteiger partial charge in [-0.15, -0.1) is 12.4 Å². The molecule has 2 rings (SSSR count). The molecule has 0 amide bonds. The van der Waals surface area contributed by atoms with Crippen molar-refractivity contribution in [2.45, 2.75) is 19.3 Å². The lowest BCUT2D eigenvalue weighted by Crippen LogP contribution is -2.28. The first-order chi connectivity index (χ1) is 5.95. The van der Waals surface area contributed by atoms with Crippen LogP contribution in [-0.4, -0.2) is 23.1 Å². The number of imidazole rings is 1. The van der Waals surface area contributed by atoms with Crippen LogP contribution < -0.4 is 5.32 Å². The zero-order valence-corrected chi connectivity index (χ0v) is 8.44. The molecule has 0 unspecified atom stereocenters. The summed E-state index contributed by atoms with van der Waals surface area (Å²) in [6.45, 7) is 2.34. The van der Waals surface area contributed by atoms with Gasteiger partial charge in [-0.25, -0.2) is 4.98 Å². The molecule has 0 aromatic carbocycles. The standard InChI is InChI=1S/C9H15N3.ClH/c1-3-10-4-2-8(1)7-9-11-5-6-12-9;/h5-6,8,10H,1-4,7H2,(H,11,12);1H. The Bertz CT molecular complexity index is 217. The highest BCUT2D eigenvalue weighted by Gasteiger charge is 2.13. The number of halogens is 1. The van der Waals surface area contributed by atoms with Gasteiger partial charge < -0.3 is 10.3 Å². The second-order valence-electron chi connectivity index (χ2n) is 3.43. The van der Waals surface area contributed by atoms with Gasteiger partial charge in [-0.2, -0.15) is 0 Å². The Labute approximate surface area is 84.7 Å². The summed E-state index contributed by atoms with van der Waals surface area (Å²) in [6, 6.07) is 0. The summed E-state index contributed by atoms with van der Waals surface area (Å²) >= 11 is 0.